The third-order valence-corrected chi connectivity index (χ3v) is 2.93. The summed E-state index contributed by atoms with van der Waals surface area (Å²) in [6.07, 6.45) is 1.80. The smallest absolute Gasteiger partial charge is 0.258 e. The van der Waals surface area contributed by atoms with Gasteiger partial charge in [-0.1, -0.05) is 11.6 Å². The van der Waals surface area contributed by atoms with E-state index in [2.05, 4.69) is 4.98 Å². The lowest BCUT2D eigenvalue weighted by molar-refractivity contribution is -0.385. The SMILES string of the molecule is CS(=O)(=O)c1cc([N+](=O)[O-])cnc1Cl. The fourth-order valence-electron chi connectivity index (χ4n) is 0.777. The zero-order valence-corrected chi connectivity index (χ0v) is 8.54. The van der Waals surface area contributed by atoms with E-state index in [4.69, 9.17) is 11.6 Å². The molecular weight excluding hydrogens is 232 g/mol. The molecule has 8 heteroatoms. The minimum Gasteiger partial charge on any atom is -0.258 e. The number of pyridine rings is 1. The second kappa shape index (κ2) is 3.50. The van der Waals surface area contributed by atoms with Crippen molar-refractivity contribution >= 4 is 27.1 Å². The quantitative estimate of drug-likeness (QED) is 0.435. The first-order valence-corrected chi connectivity index (χ1v) is 5.59. The molecule has 1 aromatic rings. The van der Waals surface area contributed by atoms with Crippen molar-refractivity contribution in [3.05, 3.63) is 27.5 Å². The Morgan fingerprint density at radius 2 is 2.14 bits per heavy atom. The summed E-state index contributed by atoms with van der Waals surface area (Å²) in [5, 5.41) is 10.1. The van der Waals surface area contributed by atoms with E-state index in [0.717, 1.165) is 18.5 Å². The normalized spacial score (nSPS) is 11.3. The molecule has 0 aliphatic rings. The average Bonchev–Trinajstić information content (AvgIpc) is 2.02. The van der Waals surface area contributed by atoms with E-state index in [9.17, 15) is 18.5 Å². The summed E-state index contributed by atoms with van der Waals surface area (Å²) in [6, 6.07) is 0.880. The molecule has 1 heterocycles. The topological polar surface area (TPSA) is 90.2 Å². The fraction of sp³-hybridized carbons (Fsp3) is 0.167. The summed E-state index contributed by atoms with van der Waals surface area (Å²) in [4.78, 5) is 12.7. The predicted molar refractivity (Wildman–Crippen MR) is 49.0 cm³/mol. The molecule has 14 heavy (non-hydrogen) atoms. The molecule has 0 amide bonds. The van der Waals surface area contributed by atoms with Crippen LogP contribution in [0.15, 0.2) is 17.2 Å². The molecule has 0 bridgehead atoms. The monoisotopic (exact) mass is 236 g/mol. The molecular formula is C6H5ClN2O4S. The third-order valence-electron chi connectivity index (χ3n) is 1.40. The minimum atomic E-state index is -3.59. The Bertz CT molecular complexity index is 485. The van der Waals surface area contributed by atoms with Crippen molar-refractivity contribution in [2.75, 3.05) is 6.26 Å². The molecule has 0 fully saturated rings. The Labute approximate surface area is 84.6 Å². The van der Waals surface area contributed by atoms with E-state index >= 15 is 0 Å². The van der Waals surface area contributed by atoms with Crippen molar-refractivity contribution in [3.63, 3.8) is 0 Å². The Kier molecular flexibility index (Phi) is 2.72. The lowest BCUT2D eigenvalue weighted by Gasteiger charge is -1.99. The average molecular weight is 237 g/mol. The van der Waals surface area contributed by atoms with Gasteiger partial charge in [-0.25, -0.2) is 13.4 Å². The van der Waals surface area contributed by atoms with Crippen LogP contribution in [-0.2, 0) is 9.84 Å². The van der Waals surface area contributed by atoms with Crippen molar-refractivity contribution in [2.24, 2.45) is 0 Å². The molecule has 0 aliphatic carbocycles. The molecule has 0 atom stereocenters. The van der Waals surface area contributed by atoms with Gasteiger partial charge in [0.1, 0.15) is 16.2 Å². The molecule has 0 aliphatic heterocycles. The second-order valence-electron chi connectivity index (χ2n) is 2.51. The van der Waals surface area contributed by atoms with E-state index in [1.807, 2.05) is 0 Å². The van der Waals surface area contributed by atoms with E-state index in [0.29, 0.717) is 0 Å². The summed E-state index contributed by atoms with van der Waals surface area (Å²) < 4.78 is 22.2. The van der Waals surface area contributed by atoms with Crippen LogP contribution in [0.25, 0.3) is 0 Å². The maximum atomic E-state index is 11.1. The number of halogens is 1. The van der Waals surface area contributed by atoms with Crippen LogP contribution in [0, 0.1) is 10.1 Å². The van der Waals surface area contributed by atoms with Crippen molar-refractivity contribution in [2.45, 2.75) is 4.90 Å². The molecule has 0 unspecified atom stereocenters. The maximum Gasteiger partial charge on any atom is 0.288 e. The minimum absolute atomic E-state index is 0.266. The van der Waals surface area contributed by atoms with Gasteiger partial charge < -0.3 is 0 Å². The highest BCUT2D eigenvalue weighted by Gasteiger charge is 2.18. The lowest BCUT2D eigenvalue weighted by Crippen LogP contribution is -2.01. The van der Waals surface area contributed by atoms with Crippen LogP contribution in [-0.4, -0.2) is 24.6 Å². The molecule has 0 N–H and O–H groups in total. The Balaban J connectivity index is 3.44. The number of sulfone groups is 1. The lowest BCUT2D eigenvalue weighted by atomic mass is 10.4. The van der Waals surface area contributed by atoms with Crippen LogP contribution in [0.3, 0.4) is 0 Å². The van der Waals surface area contributed by atoms with Gasteiger partial charge in [0.05, 0.1) is 4.92 Å². The predicted octanol–water partition coefficient (Wildman–Crippen LogP) is 1.05. The standard InChI is InChI=1S/C6H5ClN2O4S/c1-14(12,13)5-2-4(9(10)11)3-8-6(5)7/h2-3H,1H3. The van der Waals surface area contributed by atoms with Gasteiger partial charge in [0, 0.05) is 12.3 Å². The van der Waals surface area contributed by atoms with E-state index < -0.39 is 20.4 Å². The number of nitro groups is 1. The number of aromatic nitrogens is 1. The van der Waals surface area contributed by atoms with E-state index in [1.54, 1.807) is 0 Å². The Hall–Kier alpha value is -1.21. The highest BCUT2D eigenvalue weighted by molar-refractivity contribution is 7.90. The first-order chi connectivity index (χ1) is 6.32. The van der Waals surface area contributed by atoms with Gasteiger partial charge in [-0.15, -0.1) is 0 Å². The van der Waals surface area contributed by atoms with Crippen molar-refractivity contribution in [1.29, 1.82) is 0 Å². The zero-order valence-electron chi connectivity index (χ0n) is 6.97. The molecule has 76 valence electrons. The fourth-order valence-corrected chi connectivity index (χ4v) is 1.99. The maximum absolute atomic E-state index is 11.1. The highest BCUT2D eigenvalue weighted by Crippen LogP contribution is 2.23. The highest BCUT2D eigenvalue weighted by atomic mass is 35.5. The van der Waals surface area contributed by atoms with Gasteiger partial charge >= 0.3 is 0 Å². The molecule has 6 nitrogen and oxygen atoms in total. The summed E-state index contributed by atoms with van der Waals surface area (Å²) >= 11 is 5.47. The summed E-state index contributed by atoms with van der Waals surface area (Å²) in [5.41, 5.74) is -0.408. The van der Waals surface area contributed by atoms with Crippen molar-refractivity contribution in [3.8, 4) is 0 Å². The Morgan fingerprint density at radius 3 is 2.57 bits per heavy atom. The van der Waals surface area contributed by atoms with Crippen LogP contribution in [0.2, 0.25) is 5.15 Å². The summed E-state index contributed by atoms with van der Waals surface area (Å²) in [5.74, 6) is 0. The van der Waals surface area contributed by atoms with Gasteiger partial charge in [0.2, 0.25) is 0 Å². The zero-order chi connectivity index (χ0) is 10.9. The number of hydrogen-bond donors (Lipinski definition) is 0. The first-order valence-electron chi connectivity index (χ1n) is 3.32. The summed E-state index contributed by atoms with van der Waals surface area (Å²) in [7, 11) is -3.59. The molecule has 0 spiro atoms. The molecule has 1 rings (SSSR count). The van der Waals surface area contributed by atoms with Gasteiger partial charge in [-0.3, -0.25) is 10.1 Å². The summed E-state index contributed by atoms with van der Waals surface area (Å²) in [6.45, 7) is 0. The Morgan fingerprint density at radius 1 is 1.57 bits per heavy atom. The molecule has 0 saturated carbocycles. The van der Waals surface area contributed by atoms with Crippen molar-refractivity contribution in [1.82, 2.24) is 4.98 Å². The number of rotatable bonds is 2. The molecule has 0 radical (unpaired) electrons. The van der Waals surface area contributed by atoms with Crippen LogP contribution < -0.4 is 0 Å². The second-order valence-corrected chi connectivity index (χ2v) is 4.85. The van der Waals surface area contributed by atoms with Crippen LogP contribution in [0.1, 0.15) is 0 Å². The van der Waals surface area contributed by atoms with Gasteiger partial charge in [-0.05, 0) is 0 Å². The number of nitrogens with zero attached hydrogens (tertiary/aromatic N) is 2. The largest absolute Gasteiger partial charge is 0.288 e. The molecule has 0 aromatic carbocycles. The van der Waals surface area contributed by atoms with E-state index in [-0.39, 0.29) is 10.0 Å². The molecule has 0 saturated heterocycles. The van der Waals surface area contributed by atoms with Crippen LogP contribution >= 0.6 is 11.6 Å². The van der Waals surface area contributed by atoms with Crippen molar-refractivity contribution < 1.29 is 13.3 Å². The molecule has 1 aromatic heterocycles. The van der Waals surface area contributed by atoms with Gasteiger partial charge in [0.15, 0.2) is 9.84 Å². The van der Waals surface area contributed by atoms with E-state index in [1.165, 1.54) is 0 Å². The van der Waals surface area contributed by atoms with Crippen LogP contribution in [0.5, 0.6) is 0 Å². The third kappa shape index (κ3) is 2.18. The van der Waals surface area contributed by atoms with Gasteiger partial charge in [-0.2, -0.15) is 0 Å². The number of hydrogen-bond acceptors (Lipinski definition) is 5. The van der Waals surface area contributed by atoms with Crippen LogP contribution in [0.4, 0.5) is 5.69 Å². The first kappa shape index (κ1) is 10.9. The van der Waals surface area contributed by atoms with Gasteiger partial charge in [0.25, 0.3) is 5.69 Å².